The predicted octanol–water partition coefficient (Wildman–Crippen LogP) is 6.03. The van der Waals surface area contributed by atoms with Gasteiger partial charge >= 0.3 is 0 Å². The molecule has 0 aliphatic carbocycles. The molecule has 0 heterocycles. The fraction of sp³-hybridized carbons (Fsp3) is 0.417. The first-order valence-electron chi connectivity index (χ1n) is 10.7. The lowest BCUT2D eigenvalue weighted by Gasteiger charge is -2.29. The second-order valence-corrected chi connectivity index (χ2v) is 9.18. The van der Waals surface area contributed by atoms with Crippen molar-refractivity contribution in [2.45, 2.75) is 52.6 Å². The number of hydrogen-bond donors (Lipinski definition) is 1. The van der Waals surface area contributed by atoms with Gasteiger partial charge in [0.2, 0.25) is 5.91 Å². The molecule has 1 unspecified atom stereocenters. The Morgan fingerprint density at radius 3 is 2.53 bits per heavy atom. The molecule has 2 aromatic rings. The van der Waals surface area contributed by atoms with E-state index in [0.717, 1.165) is 29.3 Å². The van der Waals surface area contributed by atoms with E-state index in [1.54, 1.807) is 25.1 Å². The minimum Gasteiger partial charge on any atom is -0.483 e. The number of nitrogens with one attached hydrogen (secondary N) is 1. The van der Waals surface area contributed by atoms with Crippen LogP contribution in [-0.2, 0) is 22.6 Å². The molecule has 2 aromatic carbocycles. The van der Waals surface area contributed by atoms with E-state index in [1.165, 1.54) is 4.90 Å². The van der Waals surface area contributed by atoms with Crippen LogP contribution in [0.1, 0.15) is 44.7 Å². The number of carbonyl (C=O) groups is 2. The number of halogens is 3. The highest BCUT2D eigenvalue weighted by Gasteiger charge is 2.27. The number of amides is 2. The van der Waals surface area contributed by atoms with Crippen molar-refractivity contribution >= 4 is 50.9 Å². The molecule has 0 saturated heterocycles. The van der Waals surface area contributed by atoms with Crippen LogP contribution in [0.5, 0.6) is 5.75 Å². The van der Waals surface area contributed by atoms with Crippen molar-refractivity contribution in [1.29, 1.82) is 0 Å². The summed E-state index contributed by atoms with van der Waals surface area (Å²) >= 11 is 15.8. The van der Waals surface area contributed by atoms with Crippen molar-refractivity contribution in [3.05, 3.63) is 62.0 Å². The number of rotatable bonds is 11. The lowest BCUT2D eigenvalue weighted by atomic mass is 10.1. The number of aryl methyl sites for hydroxylation is 1. The summed E-state index contributed by atoms with van der Waals surface area (Å²) in [5, 5.41) is 3.83. The molecular weight excluding hydrogens is 515 g/mol. The molecule has 2 amide bonds. The number of nitrogens with zero attached hydrogens (tertiary/aromatic N) is 1. The van der Waals surface area contributed by atoms with Gasteiger partial charge in [-0.1, -0.05) is 55.6 Å². The molecule has 0 aliphatic rings. The Morgan fingerprint density at radius 2 is 1.91 bits per heavy atom. The predicted molar refractivity (Wildman–Crippen MR) is 133 cm³/mol. The van der Waals surface area contributed by atoms with Gasteiger partial charge in [0, 0.05) is 23.1 Å². The summed E-state index contributed by atoms with van der Waals surface area (Å²) < 4.78 is 6.55. The highest BCUT2D eigenvalue weighted by Crippen LogP contribution is 2.27. The van der Waals surface area contributed by atoms with Crippen molar-refractivity contribution in [1.82, 2.24) is 10.2 Å². The van der Waals surface area contributed by atoms with Gasteiger partial charge in [0.15, 0.2) is 6.61 Å². The van der Waals surface area contributed by atoms with E-state index < -0.39 is 6.04 Å². The average molecular weight is 544 g/mol. The van der Waals surface area contributed by atoms with E-state index in [0.29, 0.717) is 27.9 Å². The normalized spacial score (nSPS) is 11.7. The van der Waals surface area contributed by atoms with Crippen molar-refractivity contribution in [3.8, 4) is 5.75 Å². The number of ether oxygens (including phenoxy) is 1. The first kappa shape index (κ1) is 26.5. The summed E-state index contributed by atoms with van der Waals surface area (Å²) in [6.45, 7) is 6.35. The molecule has 0 saturated carbocycles. The second-order valence-electron chi connectivity index (χ2n) is 7.48. The molecule has 0 bridgehead atoms. The Morgan fingerprint density at radius 1 is 1.16 bits per heavy atom. The Kier molecular flexibility index (Phi) is 10.8. The first-order chi connectivity index (χ1) is 15.3. The Balaban J connectivity index is 2.18. The van der Waals surface area contributed by atoms with Crippen LogP contribution in [-0.4, -0.2) is 35.9 Å². The number of hydrogen-bond acceptors (Lipinski definition) is 3. The van der Waals surface area contributed by atoms with Crippen LogP contribution in [0.15, 0.2) is 40.9 Å². The topological polar surface area (TPSA) is 58.6 Å². The summed E-state index contributed by atoms with van der Waals surface area (Å²) in [5.41, 5.74) is 1.86. The van der Waals surface area contributed by atoms with Gasteiger partial charge in [-0.2, -0.15) is 0 Å². The van der Waals surface area contributed by atoms with E-state index in [4.69, 9.17) is 27.9 Å². The van der Waals surface area contributed by atoms with E-state index >= 15 is 0 Å². The van der Waals surface area contributed by atoms with Crippen LogP contribution in [0, 0.1) is 0 Å². The maximum atomic E-state index is 13.1. The van der Waals surface area contributed by atoms with Crippen LogP contribution in [0.25, 0.3) is 0 Å². The lowest BCUT2D eigenvalue weighted by Crippen LogP contribution is -2.49. The van der Waals surface area contributed by atoms with Gasteiger partial charge in [-0.15, -0.1) is 0 Å². The van der Waals surface area contributed by atoms with Gasteiger partial charge in [0.05, 0.1) is 4.47 Å². The van der Waals surface area contributed by atoms with Crippen molar-refractivity contribution in [2.75, 3.05) is 13.2 Å². The fourth-order valence-electron chi connectivity index (χ4n) is 3.06. The van der Waals surface area contributed by atoms with Crippen LogP contribution < -0.4 is 10.1 Å². The zero-order chi connectivity index (χ0) is 23.7. The molecule has 8 heteroatoms. The summed E-state index contributed by atoms with van der Waals surface area (Å²) in [4.78, 5) is 27.3. The fourth-order valence-corrected chi connectivity index (χ4v) is 4.06. The Bertz CT molecular complexity index is 939. The average Bonchev–Trinajstić information content (AvgIpc) is 2.77. The third-order valence-electron chi connectivity index (χ3n) is 5.11. The number of unbranched alkanes of at least 4 members (excludes halogenated alkanes) is 1. The molecule has 32 heavy (non-hydrogen) atoms. The minimum atomic E-state index is -0.694. The zero-order valence-corrected chi connectivity index (χ0v) is 21.7. The zero-order valence-electron chi connectivity index (χ0n) is 18.6. The molecule has 0 aromatic heterocycles. The molecule has 1 atom stereocenters. The van der Waals surface area contributed by atoms with Crippen LogP contribution >= 0.6 is 39.1 Å². The summed E-state index contributed by atoms with van der Waals surface area (Å²) in [7, 11) is 0. The lowest BCUT2D eigenvalue weighted by molar-refractivity contribution is -0.142. The van der Waals surface area contributed by atoms with Gasteiger partial charge in [-0.25, -0.2) is 0 Å². The van der Waals surface area contributed by atoms with Crippen LogP contribution in [0.3, 0.4) is 0 Å². The van der Waals surface area contributed by atoms with Crippen LogP contribution in [0.4, 0.5) is 0 Å². The molecule has 0 spiro atoms. The van der Waals surface area contributed by atoms with Crippen molar-refractivity contribution < 1.29 is 14.3 Å². The van der Waals surface area contributed by atoms with Gasteiger partial charge in [0.25, 0.3) is 5.91 Å². The minimum absolute atomic E-state index is 0.163. The SMILES string of the molecule is CCCCNC(=O)C(C)N(Cc1ccc(Cl)cc1Cl)C(=O)COc1ccc(CC)cc1Br. The first-order valence-corrected chi connectivity index (χ1v) is 12.2. The Hall–Kier alpha value is -1.76. The monoisotopic (exact) mass is 542 g/mol. The molecule has 5 nitrogen and oxygen atoms in total. The highest BCUT2D eigenvalue weighted by atomic mass is 79.9. The molecule has 174 valence electrons. The van der Waals surface area contributed by atoms with Crippen LogP contribution in [0.2, 0.25) is 10.0 Å². The van der Waals surface area contributed by atoms with E-state index in [-0.39, 0.29) is 25.0 Å². The highest BCUT2D eigenvalue weighted by molar-refractivity contribution is 9.10. The molecule has 2 rings (SSSR count). The van der Waals surface area contributed by atoms with E-state index in [9.17, 15) is 9.59 Å². The standard InChI is InChI=1S/C24H29BrCl2N2O3/c1-4-6-11-28-24(31)16(3)29(14-18-8-9-19(26)13-21(18)27)23(30)15-32-22-10-7-17(5-2)12-20(22)25/h7-10,12-13,16H,4-6,11,14-15H2,1-3H3,(H,28,31). The number of benzene rings is 2. The van der Waals surface area contributed by atoms with Gasteiger partial charge in [0.1, 0.15) is 11.8 Å². The smallest absolute Gasteiger partial charge is 0.261 e. The van der Waals surface area contributed by atoms with Crippen molar-refractivity contribution in [3.63, 3.8) is 0 Å². The second kappa shape index (κ2) is 13.1. The van der Waals surface area contributed by atoms with Gasteiger partial charge < -0.3 is 15.0 Å². The summed E-state index contributed by atoms with van der Waals surface area (Å²) in [6.07, 6.45) is 2.75. The quantitative estimate of drug-likeness (QED) is 0.352. The molecule has 1 N–H and O–H groups in total. The maximum Gasteiger partial charge on any atom is 0.261 e. The van der Waals surface area contributed by atoms with E-state index in [2.05, 4.69) is 35.1 Å². The van der Waals surface area contributed by atoms with E-state index in [1.807, 2.05) is 18.2 Å². The van der Waals surface area contributed by atoms with Gasteiger partial charge in [-0.3, -0.25) is 9.59 Å². The van der Waals surface area contributed by atoms with Gasteiger partial charge in [-0.05, 0) is 71.1 Å². The number of carbonyl (C=O) groups excluding carboxylic acids is 2. The molecular formula is C24H29BrCl2N2O3. The summed E-state index contributed by atoms with van der Waals surface area (Å²) in [5.74, 6) is 0.0334. The molecule has 0 radical (unpaired) electrons. The summed E-state index contributed by atoms with van der Waals surface area (Å²) in [6, 6.07) is 10.1. The maximum absolute atomic E-state index is 13.1. The largest absolute Gasteiger partial charge is 0.483 e. The third kappa shape index (κ3) is 7.68. The molecule has 0 aliphatic heterocycles. The molecule has 0 fully saturated rings. The third-order valence-corrected chi connectivity index (χ3v) is 6.32. The Labute approximate surface area is 208 Å². The van der Waals surface area contributed by atoms with Crippen molar-refractivity contribution in [2.24, 2.45) is 0 Å².